The molecule has 1 heterocycles. The lowest BCUT2D eigenvalue weighted by atomic mass is 10.1. The zero-order valence-electron chi connectivity index (χ0n) is 11.2. The first-order chi connectivity index (χ1) is 9.19. The van der Waals surface area contributed by atoms with E-state index in [0.29, 0.717) is 11.6 Å². The van der Waals surface area contributed by atoms with Gasteiger partial charge in [0.2, 0.25) is 0 Å². The summed E-state index contributed by atoms with van der Waals surface area (Å²) in [6.45, 7) is 2.01. The minimum absolute atomic E-state index is 0.631. The highest BCUT2D eigenvalue weighted by molar-refractivity contribution is 5.62. The van der Waals surface area contributed by atoms with Gasteiger partial charge >= 0.3 is 0 Å². The molecule has 0 fully saturated rings. The molecule has 0 saturated carbocycles. The second-order valence-corrected chi connectivity index (χ2v) is 4.90. The Morgan fingerprint density at radius 3 is 2.79 bits per heavy atom. The van der Waals surface area contributed by atoms with Crippen LogP contribution < -0.4 is 10.5 Å². The molecule has 4 nitrogen and oxygen atoms in total. The predicted molar refractivity (Wildman–Crippen MR) is 75.2 cm³/mol. The Labute approximate surface area is 112 Å². The van der Waals surface area contributed by atoms with Gasteiger partial charge < -0.3 is 10.5 Å². The van der Waals surface area contributed by atoms with Gasteiger partial charge in [0.1, 0.15) is 11.6 Å². The Hall–Kier alpha value is -2.10. The van der Waals surface area contributed by atoms with Crippen molar-refractivity contribution in [3.05, 3.63) is 35.0 Å². The van der Waals surface area contributed by atoms with Crippen LogP contribution in [0, 0.1) is 6.92 Å². The quantitative estimate of drug-likeness (QED) is 0.895. The van der Waals surface area contributed by atoms with Crippen LogP contribution in [-0.2, 0) is 12.8 Å². The number of aryl methyl sites for hydroxylation is 2. The van der Waals surface area contributed by atoms with Gasteiger partial charge in [-0.2, -0.15) is 0 Å². The number of ether oxygens (including phenoxy) is 1. The number of hydrogen-bond donors (Lipinski definition) is 1. The van der Waals surface area contributed by atoms with Gasteiger partial charge in [-0.1, -0.05) is 0 Å². The topological polar surface area (TPSA) is 61.0 Å². The number of anilines is 1. The minimum atomic E-state index is 0.631. The first-order valence-electron chi connectivity index (χ1n) is 6.49. The highest BCUT2D eigenvalue weighted by atomic mass is 16.5. The molecule has 0 bridgehead atoms. The number of fused-ring (bicyclic) bond motifs is 1. The normalized spacial score (nSPS) is 13.4. The molecule has 2 aromatic rings. The molecule has 0 atom stereocenters. The van der Waals surface area contributed by atoms with E-state index in [1.807, 2.05) is 25.1 Å². The number of nitrogens with zero attached hydrogens (tertiary/aromatic N) is 2. The van der Waals surface area contributed by atoms with Gasteiger partial charge in [0.05, 0.1) is 7.11 Å². The van der Waals surface area contributed by atoms with E-state index < -0.39 is 0 Å². The largest absolute Gasteiger partial charge is 0.496 e. The lowest BCUT2D eigenvalue weighted by Gasteiger charge is -2.09. The molecule has 1 aliphatic carbocycles. The fraction of sp³-hybridized carbons (Fsp3) is 0.333. The summed E-state index contributed by atoms with van der Waals surface area (Å²) in [7, 11) is 1.67. The van der Waals surface area contributed by atoms with Crippen molar-refractivity contribution in [3.8, 4) is 17.1 Å². The van der Waals surface area contributed by atoms with Crippen LogP contribution in [0.1, 0.15) is 23.2 Å². The Morgan fingerprint density at radius 1 is 1.21 bits per heavy atom. The zero-order chi connectivity index (χ0) is 13.4. The molecule has 0 amide bonds. The molecule has 19 heavy (non-hydrogen) atoms. The van der Waals surface area contributed by atoms with Crippen molar-refractivity contribution in [2.45, 2.75) is 26.2 Å². The summed E-state index contributed by atoms with van der Waals surface area (Å²) < 4.78 is 5.27. The van der Waals surface area contributed by atoms with Gasteiger partial charge in [0, 0.05) is 16.8 Å². The fourth-order valence-corrected chi connectivity index (χ4v) is 2.61. The highest BCUT2D eigenvalue weighted by Crippen LogP contribution is 2.29. The van der Waals surface area contributed by atoms with Crippen LogP contribution in [-0.4, -0.2) is 17.1 Å². The van der Waals surface area contributed by atoms with Crippen molar-refractivity contribution in [2.24, 2.45) is 0 Å². The van der Waals surface area contributed by atoms with Crippen molar-refractivity contribution in [1.29, 1.82) is 0 Å². The maximum absolute atomic E-state index is 6.03. The number of nitrogen functional groups attached to an aromatic ring is 1. The van der Waals surface area contributed by atoms with E-state index in [9.17, 15) is 0 Å². The molecular weight excluding hydrogens is 238 g/mol. The Morgan fingerprint density at radius 2 is 2.05 bits per heavy atom. The second kappa shape index (κ2) is 4.53. The molecule has 0 spiro atoms. The van der Waals surface area contributed by atoms with Crippen LogP contribution in [0.2, 0.25) is 0 Å². The molecule has 1 aromatic heterocycles. The van der Waals surface area contributed by atoms with Crippen molar-refractivity contribution in [2.75, 3.05) is 12.8 Å². The van der Waals surface area contributed by atoms with Crippen LogP contribution >= 0.6 is 0 Å². The molecule has 0 aliphatic heterocycles. The zero-order valence-corrected chi connectivity index (χ0v) is 11.2. The summed E-state index contributed by atoms with van der Waals surface area (Å²) in [5.41, 5.74) is 10.3. The van der Waals surface area contributed by atoms with Gasteiger partial charge in [-0.25, -0.2) is 9.97 Å². The van der Waals surface area contributed by atoms with E-state index in [0.717, 1.165) is 47.4 Å². The monoisotopic (exact) mass is 255 g/mol. The predicted octanol–water partition coefficient (Wildman–Crippen LogP) is 2.53. The molecule has 0 saturated heterocycles. The van der Waals surface area contributed by atoms with Gasteiger partial charge in [-0.3, -0.25) is 0 Å². The lowest BCUT2D eigenvalue weighted by molar-refractivity contribution is 0.412. The molecule has 3 rings (SSSR count). The Kier molecular flexibility index (Phi) is 2.85. The van der Waals surface area contributed by atoms with Crippen molar-refractivity contribution < 1.29 is 4.74 Å². The number of nitrogens with two attached hydrogens (primary N) is 1. The van der Waals surface area contributed by atoms with Crippen LogP contribution in [0.25, 0.3) is 11.4 Å². The maximum atomic E-state index is 6.03. The first-order valence-corrected chi connectivity index (χ1v) is 6.49. The van der Waals surface area contributed by atoms with Gasteiger partial charge in [-0.15, -0.1) is 0 Å². The van der Waals surface area contributed by atoms with E-state index >= 15 is 0 Å². The van der Waals surface area contributed by atoms with Crippen LogP contribution in [0.3, 0.4) is 0 Å². The van der Waals surface area contributed by atoms with Crippen molar-refractivity contribution >= 4 is 5.82 Å². The molecule has 4 heteroatoms. The molecule has 1 aromatic carbocycles. The molecule has 1 aliphatic rings. The van der Waals surface area contributed by atoms with Crippen molar-refractivity contribution in [3.63, 3.8) is 0 Å². The molecule has 98 valence electrons. The molecule has 0 unspecified atom stereocenters. The van der Waals surface area contributed by atoms with E-state index in [4.69, 9.17) is 10.5 Å². The van der Waals surface area contributed by atoms with Crippen LogP contribution in [0.15, 0.2) is 18.2 Å². The number of benzene rings is 1. The van der Waals surface area contributed by atoms with E-state index in [-0.39, 0.29) is 0 Å². The van der Waals surface area contributed by atoms with Crippen molar-refractivity contribution in [1.82, 2.24) is 9.97 Å². The number of aromatic nitrogens is 2. The smallest absolute Gasteiger partial charge is 0.161 e. The van der Waals surface area contributed by atoms with Gasteiger partial charge in [0.25, 0.3) is 0 Å². The number of rotatable bonds is 2. The second-order valence-electron chi connectivity index (χ2n) is 4.90. The summed E-state index contributed by atoms with van der Waals surface area (Å²) in [4.78, 5) is 9.09. The third-order valence-electron chi connectivity index (χ3n) is 3.62. The third-order valence-corrected chi connectivity index (χ3v) is 3.62. The summed E-state index contributed by atoms with van der Waals surface area (Å²) in [5, 5.41) is 0. The van der Waals surface area contributed by atoms with E-state index in [1.54, 1.807) is 7.11 Å². The van der Waals surface area contributed by atoms with Crippen LogP contribution in [0.4, 0.5) is 5.82 Å². The van der Waals surface area contributed by atoms with Gasteiger partial charge in [0.15, 0.2) is 5.82 Å². The fourth-order valence-electron chi connectivity index (χ4n) is 2.61. The van der Waals surface area contributed by atoms with Gasteiger partial charge in [-0.05, 0) is 49.9 Å². The standard InChI is InChI=1S/C15H17N3O/c1-9-8-10(6-7-13(9)19-2)15-17-12-5-3-4-11(12)14(16)18-15/h6-8H,3-5H2,1-2H3,(H2,16,17,18). The SMILES string of the molecule is COc1ccc(-c2nc(N)c3c(n2)CCC3)cc1C. The lowest BCUT2D eigenvalue weighted by Crippen LogP contribution is -2.03. The minimum Gasteiger partial charge on any atom is -0.496 e. The molecular formula is C15H17N3O. The molecule has 2 N–H and O–H groups in total. The molecule has 0 radical (unpaired) electrons. The summed E-state index contributed by atoms with van der Waals surface area (Å²) in [5.74, 6) is 2.22. The van der Waals surface area contributed by atoms with E-state index in [2.05, 4.69) is 9.97 Å². The average molecular weight is 255 g/mol. The first kappa shape index (κ1) is 12.0. The summed E-state index contributed by atoms with van der Waals surface area (Å²) in [6, 6.07) is 5.95. The number of hydrogen-bond acceptors (Lipinski definition) is 4. The van der Waals surface area contributed by atoms with Crippen LogP contribution in [0.5, 0.6) is 5.75 Å². The number of methoxy groups -OCH3 is 1. The highest BCUT2D eigenvalue weighted by Gasteiger charge is 2.18. The van der Waals surface area contributed by atoms with E-state index in [1.165, 1.54) is 0 Å². The summed E-state index contributed by atoms with van der Waals surface area (Å²) in [6.07, 6.45) is 3.13. The average Bonchev–Trinajstić information content (AvgIpc) is 2.87. The maximum Gasteiger partial charge on any atom is 0.161 e. The third kappa shape index (κ3) is 2.03. The Balaban J connectivity index is 2.07. The summed E-state index contributed by atoms with van der Waals surface area (Å²) >= 11 is 0. The Bertz CT molecular complexity index is 638.